The number of rotatable bonds is 4. The predicted molar refractivity (Wildman–Crippen MR) is 78.3 cm³/mol. The van der Waals surface area contributed by atoms with Crippen LogP contribution in [-0.4, -0.2) is 29.9 Å². The Labute approximate surface area is 120 Å². The van der Waals surface area contributed by atoms with Crippen LogP contribution >= 0.6 is 11.3 Å². The first kappa shape index (κ1) is 14.3. The van der Waals surface area contributed by atoms with E-state index in [9.17, 15) is 9.18 Å². The van der Waals surface area contributed by atoms with Gasteiger partial charge in [0, 0.05) is 20.6 Å². The van der Waals surface area contributed by atoms with E-state index in [0.29, 0.717) is 16.6 Å². The van der Waals surface area contributed by atoms with Gasteiger partial charge in [0.1, 0.15) is 16.5 Å². The molecule has 0 unspecified atom stereocenters. The Morgan fingerprint density at radius 2 is 2.10 bits per heavy atom. The lowest BCUT2D eigenvalue weighted by atomic mass is 10.2. The number of hydrogen-bond acceptors (Lipinski definition) is 5. The molecule has 0 atom stereocenters. The summed E-state index contributed by atoms with van der Waals surface area (Å²) < 4.78 is 12.8. The largest absolute Gasteiger partial charge is 0.382 e. The summed E-state index contributed by atoms with van der Waals surface area (Å²) in [6.07, 6.45) is 0. The Bertz CT molecular complexity index is 611. The molecule has 0 aliphatic heterocycles. The molecular weight excluding hydrogens is 279 g/mol. The van der Waals surface area contributed by atoms with Crippen LogP contribution in [0.25, 0.3) is 0 Å². The lowest BCUT2D eigenvalue weighted by Gasteiger charge is -2.16. The molecule has 3 N–H and O–H groups in total. The number of nitrogen functional groups attached to an aromatic ring is 1. The maximum atomic E-state index is 12.8. The first-order valence-electron chi connectivity index (χ1n) is 5.95. The number of nitrogens with two attached hydrogens (primary N) is 1. The van der Waals surface area contributed by atoms with Gasteiger partial charge in [0.05, 0.1) is 0 Å². The number of benzene rings is 1. The zero-order valence-corrected chi connectivity index (χ0v) is 12.0. The fraction of sp³-hybridized carbons (Fsp3) is 0.231. The van der Waals surface area contributed by atoms with Gasteiger partial charge in [0.2, 0.25) is 0 Å². The van der Waals surface area contributed by atoms with Crippen LogP contribution in [0.3, 0.4) is 0 Å². The second-order valence-corrected chi connectivity index (χ2v) is 5.27. The summed E-state index contributed by atoms with van der Waals surface area (Å²) in [5.74, 6) is -0.283. The van der Waals surface area contributed by atoms with Crippen LogP contribution in [0.2, 0.25) is 0 Å². The summed E-state index contributed by atoms with van der Waals surface area (Å²) in [4.78, 5) is 18.2. The van der Waals surface area contributed by atoms with E-state index in [2.05, 4.69) is 10.3 Å². The molecule has 106 valence electrons. The molecule has 1 aromatic heterocycles. The van der Waals surface area contributed by atoms with E-state index in [1.54, 1.807) is 26.2 Å². The zero-order valence-electron chi connectivity index (χ0n) is 11.2. The highest BCUT2D eigenvalue weighted by molar-refractivity contribution is 7.18. The third kappa shape index (κ3) is 3.05. The number of halogens is 1. The van der Waals surface area contributed by atoms with Crippen molar-refractivity contribution in [2.45, 2.75) is 6.54 Å². The Balaban J connectivity index is 2.11. The van der Waals surface area contributed by atoms with Crippen LogP contribution in [0.15, 0.2) is 24.3 Å². The van der Waals surface area contributed by atoms with E-state index >= 15 is 0 Å². The molecule has 0 spiro atoms. The summed E-state index contributed by atoms with van der Waals surface area (Å²) in [6.45, 7) is 0.380. The maximum absolute atomic E-state index is 12.8. The summed E-state index contributed by atoms with van der Waals surface area (Å²) in [5, 5.41) is 3.45. The second kappa shape index (κ2) is 5.87. The fourth-order valence-electron chi connectivity index (χ4n) is 1.70. The zero-order chi connectivity index (χ0) is 14.7. The predicted octanol–water partition coefficient (Wildman–Crippen LogP) is 2.18. The molecule has 0 aliphatic rings. The van der Waals surface area contributed by atoms with Gasteiger partial charge in [-0.25, -0.2) is 9.37 Å². The average molecular weight is 294 g/mol. The van der Waals surface area contributed by atoms with Gasteiger partial charge in [-0.05, 0) is 17.7 Å². The number of nitrogens with zero attached hydrogens (tertiary/aromatic N) is 2. The van der Waals surface area contributed by atoms with Crippen molar-refractivity contribution < 1.29 is 9.18 Å². The van der Waals surface area contributed by atoms with Crippen molar-refractivity contribution in [3.05, 3.63) is 40.5 Å². The number of carbonyl (C=O) groups excluding carboxylic acids is 1. The van der Waals surface area contributed by atoms with Crippen molar-refractivity contribution in [1.29, 1.82) is 0 Å². The molecule has 2 rings (SSSR count). The lowest BCUT2D eigenvalue weighted by Crippen LogP contribution is -2.26. The number of thiazole rings is 1. The minimum Gasteiger partial charge on any atom is -0.382 e. The highest BCUT2D eigenvalue weighted by Crippen LogP contribution is 2.26. The molecule has 1 amide bonds. The van der Waals surface area contributed by atoms with Gasteiger partial charge in [-0.2, -0.15) is 0 Å². The quantitative estimate of drug-likeness (QED) is 0.906. The van der Waals surface area contributed by atoms with E-state index in [1.165, 1.54) is 28.4 Å². The number of anilines is 2. The SMILES string of the molecule is CNc1nc(N)c(C(=O)N(C)Cc2ccc(F)cc2)s1. The van der Waals surface area contributed by atoms with Crippen LogP contribution in [0, 0.1) is 5.82 Å². The maximum Gasteiger partial charge on any atom is 0.267 e. The molecule has 0 saturated heterocycles. The van der Waals surface area contributed by atoms with E-state index < -0.39 is 0 Å². The van der Waals surface area contributed by atoms with Crippen LogP contribution in [0.4, 0.5) is 15.3 Å². The number of hydrogen-bond donors (Lipinski definition) is 2. The molecular formula is C13H15FN4OS. The van der Waals surface area contributed by atoms with Gasteiger partial charge in [-0.1, -0.05) is 23.5 Å². The number of aromatic nitrogens is 1. The molecule has 5 nitrogen and oxygen atoms in total. The molecule has 7 heteroatoms. The van der Waals surface area contributed by atoms with Crippen LogP contribution in [0.5, 0.6) is 0 Å². The van der Waals surface area contributed by atoms with Crippen molar-refractivity contribution in [2.75, 3.05) is 25.1 Å². The Morgan fingerprint density at radius 3 is 2.65 bits per heavy atom. The minimum absolute atomic E-state index is 0.203. The topological polar surface area (TPSA) is 71.2 Å². The summed E-state index contributed by atoms with van der Waals surface area (Å²) in [5.41, 5.74) is 6.58. The number of nitrogens with one attached hydrogen (secondary N) is 1. The second-order valence-electron chi connectivity index (χ2n) is 4.27. The smallest absolute Gasteiger partial charge is 0.267 e. The standard InChI is InChI=1S/C13H15FN4OS/c1-16-13-17-11(15)10(20-13)12(19)18(2)7-8-3-5-9(14)6-4-8/h3-6H,7,15H2,1-2H3,(H,16,17). The third-order valence-electron chi connectivity index (χ3n) is 2.74. The van der Waals surface area contributed by atoms with Gasteiger partial charge >= 0.3 is 0 Å². The highest BCUT2D eigenvalue weighted by Gasteiger charge is 2.19. The Hall–Kier alpha value is -2.15. The van der Waals surface area contributed by atoms with E-state index in [0.717, 1.165) is 5.56 Å². The van der Waals surface area contributed by atoms with E-state index in [4.69, 9.17) is 5.73 Å². The normalized spacial score (nSPS) is 10.3. The van der Waals surface area contributed by atoms with E-state index in [1.807, 2.05) is 0 Å². The van der Waals surface area contributed by atoms with Gasteiger partial charge in [0.15, 0.2) is 5.13 Å². The average Bonchev–Trinajstić information content (AvgIpc) is 2.81. The molecule has 20 heavy (non-hydrogen) atoms. The van der Waals surface area contributed by atoms with Gasteiger partial charge in [-0.15, -0.1) is 0 Å². The van der Waals surface area contributed by atoms with Crippen LogP contribution in [-0.2, 0) is 6.54 Å². The fourth-order valence-corrected chi connectivity index (χ4v) is 2.53. The first-order valence-corrected chi connectivity index (χ1v) is 6.77. The van der Waals surface area contributed by atoms with Gasteiger partial charge < -0.3 is 16.0 Å². The van der Waals surface area contributed by atoms with Crippen molar-refractivity contribution in [3.8, 4) is 0 Å². The van der Waals surface area contributed by atoms with E-state index in [-0.39, 0.29) is 17.5 Å². The van der Waals surface area contributed by atoms with Crippen molar-refractivity contribution in [2.24, 2.45) is 0 Å². The monoisotopic (exact) mass is 294 g/mol. The Morgan fingerprint density at radius 1 is 1.45 bits per heavy atom. The molecule has 0 aliphatic carbocycles. The number of carbonyl (C=O) groups is 1. The van der Waals surface area contributed by atoms with Gasteiger partial charge in [0.25, 0.3) is 5.91 Å². The highest BCUT2D eigenvalue weighted by atomic mass is 32.1. The molecule has 1 aromatic carbocycles. The minimum atomic E-state index is -0.298. The van der Waals surface area contributed by atoms with Crippen molar-refractivity contribution in [3.63, 3.8) is 0 Å². The lowest BCUT2D eigenvalue weighted by molar-refractivity contribution is 0.0790. The summed E-state index contributed by atoms with van der Waals surface area (Å²) >= 11 is 1.21. The van der Waals surface area contributed by atoms with Gasteiger partial charge in [-0.3, -0.25) is 4.79 Å². The molecule has 0 saturated carbocycles. The summed E-state index contributed by atoms with van der Waals surface area (Å²) in [7, 11) is 3.39. The Kier molecular flexibility index (Phi) is 4.19. The molecule has 0 bridgehead atoms. The summed E-state index contributed by atoms with van der Waals surface area (Å²) in [6, 6.07) is 6.03. The molecule has 0 radical (unpaired) electrons. The van der Waals surface area contributed by atoms with Crippen molar-refractivity contribution >= 4 is 28.2 Å². The third-order valence-corrected chi connectivity index (χ3v) is 3.82. The molecule has 2 aromatic rings. The van der Waals surface area contributed by atoms with Crippen molar-refractivity contribution in [1.82, 2.24) is 9.88 Å². The molecule has 0 fully saturated rings. The van der Waals surface area contributed by atoms with Crippen LogP contribution in [0.1, 0.15) is 15.2 Å². The van der Waals surface area contributed by atoms with Crippen LogP contribution < -0.4 is 11.1 Å². The number of amides is 1. The molecule has 1 heterocycles. The first-order chi connectivity index (χ1) is 9.51.